The minimum absolute atomic E-state index is 0.0120. The molecule has 0 radical (unpaired) electrons. The van der Waals surface area contributed by atoms with E-state index in [0.717, 1.165) is 12.1 Å². The summed E-state index contributed by atoms with van der Waals surface area (Å²) >= 11 is 0. The molecule has 0 aromatic heterocycles. The second-order valence-corrected chi connectivity index (χ2v) is 16.3. The second kappa shape index (κ2) is 16.4. The van der Waals surface area contributed by atoms with Crippen molar-refractivity contribution in [2.24, 2.45) is 20.5 Å². The van der Waals surface area contributed by atoms with Crippen molar-refractivity contribution in [1.82, 2.24) is 5.32 Å². The van der Waals surface area contributed by atoms with E-state index in [0.29, 0.717) is 31.9 Å². The summed E-state index contributed by atoms with van der Waals surface area (Å²) in [5.41, 5.74) is 4.82. The van der Waals surface area contributed by atoms with E-state index in [-0.39, 0.29) is 46.5 Å². The summed E-state index contributed by atoms with van der Waals surface area (Å²) in [7, 11) is -13.6. The molecule has 0 aliphatic rings. The lowest BCUT2D eigenvalue weighted by Gasteiger charge is -2.22. The largest absolute Gasteiger partial charge is 0.508 e. The maximum atomic E-state index is 13.2. The maximum absolute atomic E-state index is 13.2. The molecule has 0 saturated heterocycles. The highest BCUT2D eigenvalue weighted by Gasteiger charge is 2.29. The highest BCUT2D eigenvalue weighted by molar-refractivity contribution is 8.19. The van der Waals surface area contributed by atoms with Gasteiger partial charge in [-0.2, -0.15) is 5.11 Å². The third-order valence-corrected chi connectivity index (χ3v) is 10.8. The Bertz CT molecular complexity index is 2140. The van der Waals surface area contributed by atoms with Gasteiger partial charge in [-0.15, -0.1) is 15.3 Å². The van der Waals surface area contributed by atoms with Crippen LogP contribution in [0.2, 0.25) is 0 Å². The number of carboxylic acid groups (broad SMARTS) is 1. The molecule has 0 aliphatic heterocycles. The van der Waals surface area contributed by atoms with Gasteiger partial charge in [0.25, 0.3) is 0 Å². The second-order valence-electron chi connectivity index (χ2n) is 11.2. The molecule has 0 aliphatic carbocycles. The molecule has 19 nitrogen and oxygen atoms in total. The highest BCUT2D eigenvalue weighted by Crippen LogP contribution is 2.56. The smallest absolute Gasteiger partial charge is 0.303 e. The fraction of sp³-hybridized carbons (Fsp3) is 0.233. The number of phenols is 3. The van der Waals surface area contributed by atoms with Gasteiger partial charge in [0.1, 0.15) is 49.4 Å². The van der Waals surface area contributed by atoms with Crippen LogP contribution in [0, 0.1) is 0 Å². The van der Waals surface area contributed by atoms with Crippen molar-refractivity contribution in [2.75, 3.05) is 24.6 Å². The molecule has 0 bridgehead atoms. The topological polar surface area (TPSA) is 341 Å². The zero-order valence-electron chi connectivity index (χ0n) is 26.9. The number of nitrogen functional groups attached to an aromatic ring is 1. The van der Waals surface area contributed by atoms with Gasteiger partial charge in [-0.05, 0) is 67.2 Å². The van der Waals surface area contributed by atoms with Gasteiger partial charge in [-0.3, -0.25) is 4.79 Å². The van der Waals surface area contributed by atoms with Gasteiger partial charge >= 0.3 is 5.97 Å². The summed E-state index contributed by atoms with van der Waals surface area (Å²) in [6, 6.07) is 10.6. The fourth-order valence-electron chi connectivity index (χ4n) is 4.73. The van der Waals surface area contributed by atoms with Crippen molar-refractivity contribution in [3.05, 3.63) is 54.6 Å². The number of carbonyl (C=O) groups is 1. The number of phenolic OH excluding ortho intramolecular Hbond substituents is 3. The molecule has 4 aromatic rings. The number of fused-ring (bicyclic) bond motifs is 1. The van der Waals surface area contributed by atoms with E-state index >= 15 is 0 Å². The highest BCUT2D eigenvalue weighted by atomic mass is 32.3. The number of aliphatic carboxylic acids is 1. The van der Waals surface area contributed by atoms with E-state index in [1.165, 1.54) is 36.4 Å². The number of anilines is 1. The monoisotopic (exact) mass is 784 g/mol. The molecule has 13 N–H and O–H groups in total. The molecular weight excluding hydrogens is 749 g/mol. The first-order valence-electron chi connectivity index (χ1n) is 15.0. The van der Waals surface area contributed by atoms with E-state index in [1.54, 1.807) is 0 Å². The normalized spacial score (nSPS) is 13.3. The molecule has 0 atom stereocenters. The van der Waals surface area contributed by atoms with Crippen LogP contribution in [0.3, 0.4) is 0 Å². The molecule has 282 valence electrons. The molecule has 22 heteroatoms. The Morgan fingerprint density at radius 2 is 1.40 bits per heavy atom. The van der Waals surface area contributed by atoms with Gasteiger partial charge in [0.05, 0.1) is 26.9 Å². The van der Waals surface area contributed by atoms with Gasteiger partial charge in [0.2, 0.25) is 0 Å². The van der Waals surface area contributed by atoms with Gasteiger partial charge in [-0.25, -0.2) is 8.42 Å². The predicted octanol–water partition coefficient (Wildman–Crippen LogP) is 7.54. The molecule has 0 saturated carbocycles. The van der Waals surface area contributed by atoms with Crippen LogP contribution in [-0.2, 0) is 14.6 Å². The van der Waals surface area contributed by atoms with Crippen LogP contribution in [0.25, 0.3) is 10.8 Å². The van der Waals surface area contributed by atoms with E-state index < -0.39 is 80.9 Å². The van der Waals surface area contributed by atoms with E-state index in [9.17, 15) is 55.8 Å². The fourth-order valence-corrected chi connectivity index (χ4v) is 7.37. The van der Waals surface area contributed by atoms with E-state index in [4.69, 9.17) is 10.8 Å². The van der Waals surface area contributed by atoms with Crippen molar-refractivity contribution in [3.8, 4) is 17.2 Å². The number of carboxylic acids is 1. The molecule has 4 aromatic carbocycles. The van der Waals surface area contributed by atoms with Crippen molar-refractivity contribution < 1.29 is 61.0 Å². The summed E-state index contributed by atoms with van der Waals surface area (Å²) < 4.78 is 86.7. The number of aromatic hydroxyl groups is 3. The van der Waals surface area contributed by atoms with Crippen LogP contribution in [0.1, 0.15) is 25.7 Å². The average Bonchev–Trinajstić information content (AvgIpc) is 3.04. The summed E-state index contributed by atoms with van der Waals surface area (Å²) in [6.45, 7) is 0.307. The third-order valence-electron chi connectivity index (χ3n) is 7.35. The Morgan fingerprint density at radius 3 is 2.06 bits per heavy atom. The lowest BCUT2D eigenvalue weighted by Crippen LogP contribution is -2.24. The Balaban J connectivity index is 1.70. The lowest BCUT2D eigenvalue weighted by molar-refractivity contribution is -0.137. The number of rotatable bonds is 16. The van der Waals surface area contributed by atoms with Crippen molar-refractivity contribution in [2.45, 2.75) is 40.4 Å². The Labute approximate surface area is 299 Å². The van der Waals surface area contributed by atoms with Crippen LogP contribution in [0.5, 0.6) is 17.2 Å². The minimum Gasteiger partial charge on any atom is -0.508 e. The molecule has 52 heavy (non-hydrogen) atoms. The lowest BCUT2D eigenvalue weighted by atomic mass is 10.1. The van der Waals surface area contributed by atoms with Crippen LogP contribution in [0.4, 0.5) is 28.4 Å². The Kier molecular flexibility index (Phi) is 12.6. The van der Waals surface area contributed by atoms with Crippen molar-refractivity contribution in [3.63, 3.8) is 0 Å². The van der Waals surface area contributed by atoms with Gasteiger partial charge < -0.3 is 58.8 Å². The van der Waals surface area contributed by atoms with Gasteiger partial charge in [0.15, 0.2) is 21.3 Å². The summed E-state index contributed by atoms with van der Waals surface area (Å²) in [4.78, 5) is 8.25. The first-order chi connectivity index (χ1) is 24.3. The molecule has 0 fully saturated rings. The molecule has 0 spiro atoms. The van der Waals surface area contributed by atoms with E-state index in [2.05, 4.69) is 25.8 Å². The maximum Gasteiger partial charge on any atom is 0.303 e. The molecule has 4 rings (SSSR count). The quantitative estimate of drug-likeness (QED) is 0.0296. The van der Waals surface area contributed by atoms with Gasteiger partial charge in [-0.1, -0.05) is 12.5 Å². The zero-order valence-corrected chi connectivity index (χ0v) is 29.4. The van der Waals surface area contributed by atoms with Crippen LogP contribution >= 0.6 is 21.7 Å². The zero-order chi connectivity index (χ0) is 38.4. The molecule has 0 amide bonds. The first-order valence-corrected chi connectivity index (χ1v) is 19.7. The number of nitrogens with one attached hydrogen (secondary N) is 1. The van der Waals surface area contributed by atoms with Crippen LogP contribution < -0.4 is 11.1 Å². The SMILES string of the molecule is Nc1cc(O)ccc1N=Nc1ccc2cc(S(O)(O)O)c(N=Nc3cc(S(=O)(=O)CCNCCCCCC(=O)O)cc(S(O)(O)O)c3O)c(O)c2c1. The molecule has 0 unspecified atom stereocenters. The van der Waals surface area contributed by atoms with Crippen LogP contribution in [-0.4, -0.2) is 81.0 Å². The number of hydrogen-bond donors (Lipinski definition) is 12. The molecular formula is C30H36N6O13S3. The number of unbranched alkanes of at least 4 members (excludes halogenated alkanes) is 2. The first kappa shape index (κ1) is 40.2. The summed E-state index contributed by atoms with van der Waals surface area (Å²) in [5, 5.41) is 58.7. The predicted molar refractivity (Wildman–Crippen MR) is 193 cm³/mol. The number of azo groups is 2. The number of sulfone groups is 1. The number of nitrogens with two attached hydrogens (primary N) is 1. The van der Waals surface area contributed by atoms with Crippen LogP contribution in [0.15, 0.2) is 89.7 Å². The Hall–Kier alpha value is -4.62. The van der Waals surface area contributed by atoms with E-state index in [1.807, 2.05) is 0 Å². The molecule has 0 heterocycles. The minimum atomic E-state index is -4.75. The standard InChI is InChI=1S/C30H36N6O13S3/c31-22-14-19(37)7-8-23(22)34-33-18-6-5-17-12-25(51(44,45)46)28(29(40)21(17)13-18)36-35-24-15-20(16-26(30(24)41)52(47,48)49)50(42,43)11-10-32-9-3-1-2-4-27(38)39/h5-8,12-16,32,37,40-41,44-49H,1-4,9-11,31H2,(H,38,39). The average molecular weight is 785 g/mol. The summed E-state index contributed by atoms with van der Waals surface area (Å²) in [6.07, 6.45) is 1.64. The van der Waals surface area contributed by atoms with Gasteiger partial charge in [0, 0.05) is 24.4 Å². The third kappa shape index (κ3) is 10.3. The number of nitrogens with zero attached hydrogens (tertiary/aromatic N) is 4. The summed E-state index contributed by atoms with van der Waals surface area (Å²) in [5.74, 6) is -3.44. The van der Waals surface area contributed by atoms with Crippen molar-refractivity contribution in [1.29, 1.82) is 0 Å². The Morgan fingerprint density at radius 1 is 0.712 bits per heavy atom. The van der Waals surface area contributed by atoms with Crippen molar-refractivity contribution >= 4 is 76.8 Å². The number of benzene rings is 4. The number of hydrogen-bond acceptors (Lipinski definition) is 18.